The van der Waals surface area contributed by atoms with E-state index in [1.807, 2.05) is 18.4 Å². The molecule has 0 spiro atoms. The number of pyridine rings is 1. The Kier molecular flexibility index (Phi) is 4.07. The maximum atomic E-state index is 13.0. The molecule has 1 aromatic carbocycles. The fraction of sp³-hybridized carbons (Fsp3) is 0.0667. The van der Waals surface area contributed by atoms with Crippen LogP contribution in [0.25, 0.3) is 22.7 Å². The number of halogens is 2. The zero-order chi connectivity index (χ0) is 14.8. The van der Waals surface area contributed by atoms with E-state index in [1.54, 1.807) is 30.1 Å². The van der Waals surface area contributed by atoms with Gasteiger partial charge in [-0.3, -0.25) is 0 Å². The van der Waals surface area contributed by atoms with Crippen LogP contribution in [0.1, 0.15) is 0 Å². The summed E-state index contributed by atoms with van der Waals surface area (Å²) in [5.41, 5.74) is 2.25. The molecule has 3 nitrogen and oxygen atoms in total. The fourth-order valence-corrected chi connectivity index (χ4v) is 2.67. The summed E-state index contributed by atoms with van der Waals surface area (Å²) < 4.78 is 19.1. The Bertz CT molecular complexity index is 756. The van der Waals surface area contributed by atoms with Crippen LogP contribution in [0.2, 0.25) is 0 Å². The minimum absolute atomic E-state index is 0.290. The van der Waals surface area contributed by atoms with Crippen molar-refractivity contribution < 1.29 is 8.81 Å². The summed E-state index contributed by atoms with van der Waals surface area (Å²) in [5.74, 6) is 0.146. The van der Waals surface area contributed by atoms with Crippen molar-refractivity contribution in [1.82, 2.24) is 9.97 Å². The van der Waals surface area contributed by atoms with Crippen molar-refractivity contribution in [3.63, 3.8) is 0 Å². The lowest BCUT2D eigenvalue weighted by Gasteiger charge is -1.98. The molecule has 0 aliphatic heterocycles. The van der Waals surface area contributed by atoms with Crippen LogP contribution in [0.15, 0.2) is 56.7 Å². The summed E-state index contributed by atoms with van der Waals surface area (Å²) in [5, 5.41) is 0.942. The standard InChI is InChI=1S/C15H10BrFN2OS/c1-21-12-7-4-10(8-18-12)13-14(16)20-15(19-13)9-2-5-11(17)6-3-9/h2-8H,1H3. The van der Waals surface area contributed by atoms with Crippen LogP contribution < -0.4 is 0 Å². The molecule has 0 atom stereocenters. The molecule has 106 valence electrons. The van der Waals surface area contributed by atoms with Crippen LogP contribution in [0.4, 0.5) is 4.39 Å². The maximum Gasteiger partial charge on any atom is 0.228 e. The summed E-state index contributed by atoms with van der Waals surface area (Å²) in [7, 11) is 0. The lowest BCUT2D eigenvalue weighted by Crippen LogP contribution is -1.84. The van der Waals surface area contributed by atoms with E-state index in [0.29, 0.717) is 16.3 Å². The third kappa shape index (κ3) is 3.01. The molecule has 0 N–H and O–H groups in total. The highest BCUT2D eigenvalue weighted by Crippen LogP contribution is 2.32. The molecule has 3 aromatic rings. The SMILES string of the molecule is CSc1ccc(-c2nc(-c3ccc(F)cc3)oc2Br)cn1. The van der Waals surface area contributed by atoms with Crippen molar-refractivity contribution in [1.29, 1.82) is 0 Å². The van der Waals surface area contributed by atoms with E-state index in [9.17, 15) is 4.39 Å². The Morgan fingerprint density at radius 1 is 1.10 bits per heavy atom. The number of aromatic nitrogens is 2. The van der Waals surface area contributed by atoms with E-state index in [0.717, 1.165) is 16.2 Å². The zero-order valence-electron chi connectivity index (χ0n) is 11.0. The predicted octanol–water partition coefficient (Wildman–Crippen LogP) is 5.03. The lowest BCUT2D eigenvalue weighted by molar-refractivity contribution is 0.549. The minimum Gasteiger partial charge on any atom is -0.429 e. The normalized spacial score (nSPS) is 10.8. The van der Waals surface area contributed by atoms with Gasteiger partial charge in [0.25, 0.3) is 0 Å². The number of nitrogens with zero attached hydrogens (tertiary/aromatic N) is 2. The van der Waals surface area contributed by atoms with Gasteiger partial charge in [0.05, 0.1) is 5.03 Å². The van der Waals surface area contributed by atoms with Gasteiger partial charge < -0.3 is 4.42 Å². The highest BCUT2D eigenvalue weighted by atomic mass is 79.9. The molecule has 0 unspecified atom stereocenters. The highest BCUT2D eigenvalue weighted by molar-refractivity contribution is 9.10. The first-order valence-corrected chi connectivity index (χ1v) is 8.12. The molecular formula is C15H10BrFN2OS. The molecule has 0 saturated heterocycles. The van der Waals surface area contributed by atoms with Crippen molar-refractivity contribution >= 4 is 27.7 Å². The van der Waals surface area contributed by atoms with E-state index in [1.165, 1.54) is 12.1 Å². The van der Waals surface area contributed by atoms with Crippen molar-refractivity contribution in [3.05, 3.63) is 53.1 Å². The van der Waals surface area contributed by atoms with E-state index in [2.05, 4.69) is 25.9 Å². The second-order valence-electron chi connectivity index (χ2n) is 4.24. The van der Waals surface area contributed by atoms with Crippen molar-refractivity contribution in [3.8, 4) is 22.7 Å². The Morgan fingerprint density at radius 3 is 2.43 bits per heavy atom. The van der Waals surface area contributed by atoms with E-state index in [-0.39, 0.29) is 5.82 Å². The number of benzene rings is 1. The van der Waals surface area contributed by atoms with Gasteiger partial charge in [-0.2, -0.15) is 0 Å². The number of hydrogen-bond acceptors (Lipinski definition) is 4. The number of thioether (sulfide) groups is 1. The van der Waals surface area contributed by atoms with Gasteiger partial charge in [-0.15, -0.1) is 11.8 Å². The summed E-state index contributed by atoms with van der Waals surface area (Å²) in [6.07, 6.45) is 3.73. The molecule has 0 radical (unpaired) electrons. The van der Waals surface area contributed by atoms with Gasteiger partial charge in [0, 0.05) is 17.3 Å². The average Bonchev–Trinajstić information content (AvgIpc) is 2.90. The quantitative estimate of drug-likeness (QED) is 0.611. The number of hydrogen-bond donors (Lipinski definition) is 0. The van der Waals surface area contributed by atoms with Gasteiger partial charge in [0.2, 0.25) is 5.89 Å². The predicted molar refractivity (Wildman–Crippen MR) is 84.6 cm³/mol. The minimum atomic E-state index is -0.290. The van der Waals surface area contributed by atoms with Crippen molar-refractivity contribution in [2.24, 2.45) is 0 Å². The molecule has 0 amide bonds. The molecule has 21 heavy (non-hydrogen) atoms. The van der Waals surface area contributed by atoms with E-state index < -0.39 is 0 Å². The first-order valence-electron chi connectivity index (χ1n) is 6.10. The number of oxazole rings is 1. The Balaban J connectivity index is 1.98. The summed E-state index contributed by atoms with van der Waals surface area (Å²) in [4.78, 5) is 8.77. The topological polar surface area (TPSA) is 38.9 Å². The van der Waals surface area contributed by atoms with Gasteiger partial charge in [0.1, 0.15) is 11.5 Å². The molecule has 6 heteroatoms. The monoisotopic (exact) mass is 364 g/mol. The molecule has 0 saturated carbocycles. The van der Waals surface area contributed by atoms with Gasteiger partial charge in [0.15, 0.2) is 4.67 Å². The summed E-state index contributed by atoms with van der Waals surface area (Å²) >= 11 is 4.94. The van der Waals surface area contributed by atoms with Gasteiger partial charge in [-0.25, -0.2) is 14.4 Å². The third-order valence-corrected chi connectivity index (χ3v) is 4.09. The molecule has 3 rings (SSSR count). The van der Waals surface area contributed by atoms with Crippen LogP contribution in [0, 0.1) is 5.82 Å². The van der Waals surface area contributed by atoms with Crippen LogP contribution in [-0.4, -0.2) is 16.2 Å². The molecule has 2 aromatic heterocycles. The third-order valence-electron chi connectivity index (χ3n) is 2.90. The fourth-order valence-electron chi connectivity index (χ4n) is 1.84. The Morgan fingerprint density at radius 2 is 1.81 bits per heavy atom. The maximum absolute atomic E-state index is 13.0. The zero-order valence-corrected chi connectivity index (χ0v) is 13.4. The first-order chi connectivity index (χ1) is 10.2. The highest BCUT2D eigenvalue weighted by Gasteiger charge is 2.14. The summed E-state index contributed by atoms with van der Waals surface area (Å²) in [6, 6.07) is 9.89. The smallest absolute Gasteiger partial charge is 0.228 e. The Labute approximate surface area is 133 Å². The second kappa shape index (κ2) is 5.99. The van der Waals surface area contributed by atoms with E-state index >= 15 is 0 Å². The Hall–Kier alpha value is -1.66. The van der Waals surface area contributed by atoms with Gasteiger partial charge in [-0.1, -0.05) is 0 Å². The lowest BCUT2D eigenvalue weighted by atomic mass is 10.2. The molecule has 2 heterocycles. The molecule has 0 aliphatic carbocycles. The van der Waals surface area contributed by atoms with Crippen LogP contribution in [0.3, 0.4) is 0 Å². The van der Waals surface area contributed by atoms with Crippen molar-refractivity contribution in [2.45, 2.75) is 5.03 Å². The molecular weight excluding hydrogens is 355 g/mol. The first kappa shape index (κ1) is 14.3. The van der Waals surface area contributed by atoms with E-state index in [4.69, 9.17) is 4.42 Å². The van der Waals surface area contributed by atoms with Crippen LogP contribution in [-0.2, 0) is 0 Å². The molecule has 0 bridgehead atoms. The molecule has 0 aliphatic rings. The van der Waals surface area contributed by atoms with Gasteiger partial charge in [-0.05, 0) is 58.6 Å². The van der Waals surface area contributed by atoms with Crippen molar-refractivity contribution in [2.75, 3.05) is 6.26 Å². The number of rotatable bonds is 3. The largest absolute Gasteiger partial charge is 0.429 e. The van der Waals surface area contributed by atoms with Crippen LogP contribution >= 0.6 is 27.7 Å². The van der Waals surface area contributed by atoms with Gasteiger partial charge >= 0.3 is 0 Å². The second-order valence-corrected chi connectivity index (χ2v) is 5.78. The van der Waals surface area contributed by atoms with Crippen LogP contribution in [0.5, 0.6) is 0 Å². The summed E-state index contributed by atoms with van der Waals surface area (Å²) in [6.45, 7) is 0. The average molecular weight is 365 g/mol. The molecule has 0 fully saturated rings.